The molecule has 4 rings (SSSR count). The molecule has 126 valence electrons. The molecule has 1 aromatic heterocycles. The molecule has 25 heavy (non-hydrogen) atoms. The molecule has 0 unspecified atom stereocenters. The first kappa shape index (κ1) is 15.6. The van der Waals surface area contributed by atoms with E-state index in [1.165, 1.54) is 0 Å². The van der Waals surface area contributed by atoms with Gasteiger partial charge in [-0.2, -0.15) is 4.98 Å². The highest BCUT2D eigenvalue weighted by Crippen LogP contribution is 2.39. The van der Waals surface area contributed by atoms with Crippen LogP contribution in [0.1, 0.15) is 46.1 Å². The van der Waals surface area contributed by atoms with Crippen molar-refractivity contribution < 1.29 is 9.32 Å². The lowest BCUT2D eigenvalue weighted by Gasteiger charge is -2.10. The molecule has 0 bridgehead atoms. The van der Waals surface area contributed by atoms with Crippen LogP contribution in [-0.4, -0.2) is 16.0 Å². The molecule has 0 atom stereocenters. The first-order chi connectivity index (χ1) is 12.1. The van der Waals surface area contributed by atoms with Gasteiger partial charge in [0.05, 0.1) is 0 Å². The first-order valence-corrected chi connectivity index (χ1v) is 8.43. The van der Waals surface area contributed by atoms with E-state index in [1.807, 2.05) is 44.2 Å². The molecule has 0 aliphatic heterocycles. The molecule has 1 N–H and O–H groups in total. The van der Waals surface area contributed by atoms with E-state index >= 15 is 0 Å². The predicted octanol–water partition coefficient (Wildman–Crippen LogP) is 4.48. The van der Waals surface area contributed by atoms with Gasteiger partial charge < -0.3 is 9.84 Å². The van der Waals surface area contributed by atoms with Crippen LogP contribution in [0.2, 0.25) is 0 Å². The summed E-state index contributed by atoms with van der Waals surface area (Å²) in [6.45, 7) is 4.03. The molecule has 1 aliphatic rings. The predicted molar refractivity (Wildman–Crippen MR) is 95.6 cm³/mol. The number of benzene rings is 2. The highest BCUT2D eigenvalue weighted by Gasteiger charge is 2.29. The molecule has 1 fully saturated rings. The third-order valence-corrected chi connectivity index (χ3v) is 4.63. The number of anilines is 1. The minimum absolute atomic E-state index is 0.132. The zero-order valence-corrected chi connectivity index (χ0v) is 14.2. The van der Waals surface area contributed by atoms with Crippen molar-refractivity contribution in [2.75, 3.05) is 5.32 Å². The molecule has 1 amide bonds. The zero-order chi connectivity index (χ0) is 17.4. The number of rotatable bonds is 4. The van der Waals surface area contributed by atoms with Crippen LogP contribution in [0, 0.1) is 13.8 Å². The van der Waals surface area contributed by atoms with E-state index in [0.717, 1.165) is 35.2 Å². The molecule has 2 aromatic carbocycles. The van der Waals surface area contributed by atoms with E-state index in [2.05, 4.69) is 15.5 Å². The second kappa shape index (κ2) is 6.16. The standard InChI is InChI=1S/C20H19N3O2/c1-12-4-3-5-17(13(12)2)21-19(24)15-8-6-14(7-9-15)18-22-20(25-23-18)16-10-11-16/h3-9,16H,10-11H2,1-2H3,(H,21,24). The molecule has 5 heteroatoms. The summed E-state index contributed by atoms with van der Waals surface area (Å²) in [5, 5.41) is 6.99. The summed E-state index contributed by atoms with van der Waals surface area (Å²) < 4.78 is 5.28. The molecule has 0 saturated heterocycles. The summed E-state index contributed by atoms with van der Waals surface area (Å²) in [5.74, 6) is 1.59. The summed E-state index contributed by atoms with van der Waals surface area (Å²) in [5.41, 5.74) is 4.50. The summed E-state index contributed by atoms with van der Waals surface area (Å²) in [7, 11) is 0. The SMILES string of the molecule is Cc1cccc(NC(=O)c2ccc(-c3noc(C4CC4)n3)cc2)c1C. The van der Waals surface area contributed by atoms with Gasteiger partial charge in [0.1, 0.15) is 0 Å². The van der Waals surface area contributed by atoms with Crippen molar-refractivity contribution in [1.29, 1.82) is 0 Å². The highest BCUT2D eigenvalue weighted by molar-refractivity contribution is 6.04. The summed E-state index contributed by atoms with van der Waals surface area (Å²) >= 11 is 0. The Kier molecular flexibility index (Phi) is 3.84. The number of nitrogens with one attached hydrogen (secondary N) is 1. The van der Waals surface area contributed by atoms with Crippen molar-refractivity contribution in [2.45, 2.75) is 32.6 Å². The van der Waals surface area contributed by atoms with E-state index in [4.69, 9.17) is 4.52 Å². The lowest BCUT2D eigenvalue weighted by molar-refractivity contribution is 0.102. The largest absolute Gasteiger partial charge is 0.339 e. The maximum absolute atomic E-state index is 12.5. The highest BCUT2D eigenvalue weighted by atomic mass is 16.5. The van der Waals surface area contributed by atoms with Gasteiger partial charge in [0.15, 0.2) is 0 Å². The van der Waals surface area contributed by atoms with Crippen LogP contribution in [0.3, 0.4) is 0 Å². The lowest BCUT2D eigenvalue weighted by atomic mass is 10.1. The monoisotopic (exact) mass is 333 g/mol. The van der Waals surface area contributed by atoms with E-state index in [9.17, 15) is 4.79 Å². The Morgan fingerprint density at radius 2 is 1.88 bits per heavy atom. The van der Waals surface area contributed by atoms with Crippen LogP contribution in [0.4, 0.5) is 5.69 Å². The van der Waals surface area contributed by atoms with Crippen LogP contribution < -0.4 is 5.32 Å². The van der Waals surface area contributed by atoms with Crippen LogP contribution >= 0.6 is 0 Å². The Hall–Kier alpha value is -2.95. The van der Waals surface area contributed by atoms with E-state index in [-0.39, 0.29) is 5.91 Å². The van der Waals surface area contributed by atoms with Gasteiger partial charge in [-0.1, -0.05) is 29.4 Å². The Labute approximate surface area is 146 Å². The average Bonchev–Trinajstić information content (AvgIpc) is 3.36. The molecule has 0 spiro atoms. The fourth-order valence-corrected chi connectivity index (χ4v) is 2.70. The quantitative estimate of drug-likeness (QED) is 0.764. The van der Waals surface area contributed by atoms with Crippen LogP contribution in [0.15, 0.2) is 47.0 Å². The molecule has 5 nitrogen and oxygen atoms in total. The second-order valence-corrected chi connectivity index (χ2v) is 6.51. The van der Waals surface area contributed by atoms with Gasteiger partial charge in [-0.15, -0.1) is 0 Å². The minimum atomic E-state index is -0.132. The Morgan fingerprint density at radius 3 is 2.60 bits per heavy atom. The molecule has 1 aliphatic carbocycles. The number of hydrogen-bond donors (Lipinski definition) is 1. The molecule has 1 saturated carbocycles. The van der Waals surface area contributed by atoms with Gasteiger partial charge in [0.25, 0.3) is 5.91 Å². The van der Waals surface area contributed by atoms with Crippen LogP contribution in [0.25, 0.3) is 11.4 Å². The number of amides is 1. The molecule has 0 radical (unpaired) electrons. The van der Waals surface area contributed by atoms with Gasteiger partial charge in [-0.05, 0) is 56.0 Å². The number of carbonyl (C=O) groups excluding carboxylic acids is 1. The number of hydrogen-bond acceptors (Lipinski definition) is 4. The zero-order valence-electron chi connectivity index (χ0n) is 14.2. The lowest BCUT2D eigenvalue weighted by Crippen LogP contribution is -2.12. The maximum Gasteiger partial charge on any atom is 0.255 e. The third kappa shape index (κ3) is 3.18. The first-order valence-electron chi connectivity index (χ1n) is 8.43. The van der Waals surface area contributed by atoms with E-state index in [0.29, 0.717) is 23.2 Å². The molecular formula is C20H19N3O2. The summed E-state index contributed by atoms with van der Waals surface area (Å²) in [6.07, 6.45) is 2.25. The molecule has 3 aromatic rings. The average molecular weight is 333 g/mol. The van der Waals surface area contributed by atoms with Crippen molar-refractivity contribution in [3.8, 4) is 11.4 Å². The normalized spacial score (nSPS) is 13.7. The van der Waals surface area contributed by atoms with Crippen LogP contribution in [0.5, 0.6) is 0 Å². The number of aryl methyl sites for hydroxylation is 1. The smallest absolute Gasteiger partial charge is 0.255 e. The van der Waals surface area contributed by atoms with Gasteiger partial charge >= 0.3 is 0 Å². The number of nitrogens with zero attached hydrogens (tertiary/aromatic N) is 2. The van der Waals surface area contributed by atoms with Crippen molar-refractivity contribution >= 4 is 11.6 Å². The van der Waals surface area contributed by atoms with Crippen molar-refractivity contribution in [3.05, 3.63) is 65.0 Å². The second-order valence-electron chi connectivity index (χ2n) is 6.51. The number of aromatic nitrogens is 2. The minimum Gasteiger partial charge on any atom is -0.339 e. The van der Waals surface area contributed by atoms with Gasteiger partial charge in [-0.3, -0.25) is 4.79 Å². The van der Waals surface area contributed by atoms with E-state index in [1.54, 1.807) is 12.1 Å². The van der Waals surface area contributed by atoms with Crippen molar-refractivity contribution in [1.82, 2.24) is 10.1 Å². The summed E-state index contributed by atoms with van der Waals surface area (Å²) in [4.78, 5) is 16.9. The van der Waals surface area contributed by atoms with Crippen molar-refractivity contribution in [3.63, 3.8) is 0 Å². The third-order valence-electron chi connectivity index (χ3n) is 4.63. The van der Waals surface area contributed by atoms with Gasteiger partial charge in [-0.25, -0.2) is 0 Å². The maximum atomic E-state index is 12.5. The summed E-state index contributed by atoms with van der Waals surface area (Å²) in [6, 6.07) is 13.1. The molecule has 1 heterocycles. The van der Waals surface area contributed by atoms with Crippen LogP contribution in [-0.2, 0) is 0 Å². The molecular weight excluding hydrogens is 314 g/mol. The fraction of sp³-hybridized carbons (Fsp3) is 0.250. The van der Waals surface area contributed by atoms with Gasteiger partial charge in [0.2, 0.25) is 11.7 Å². The Balaban J connectivity index is 1.50. The van der Waals surface area contributed by atoms with E-state index < -0.39 is 0 Å². The Morgan fingerprint density at radius 1 is 1.12 bits per heavy atom. The Bertz CT molecular complexity index is 924. The van der Waals surface area contributed by atoms with Crippen molar-refractivity contribution in [2.24, 2.45) is 0 Å². The van der Waals surface area contributed by atoms with Gasteiger partial charge in [0, 0.05) is 22.7 Å². The topological polar surface area (TPSA) is 68.0 Å². The number of carbonyl (C=O) groups is 1. The fourth-order valence-electron chi connectivity index (χ4n) is 2.70.